The minimum Gasteiger partial charge on any atom is -0.372 e. The molecule has 2 rings (SSSR count). The standard InChI is InChI=1S/C19H23N3O4/c1-4-20(5-2)17-11-9-15(10-12-17)19(14(3)21(23)24)16-7-6-8-18(13-16)22(25)26/h6-14,19H,4-5H2,1-3H3. The van der Waals surface area contributed by atoms with Gasteiger partial charge in [0.05, 0.1) is 10.8 Å². The summed E-state index contributed by atoms with van der Waals surface area (Å²) in [5, 5.41) is 22.5. The minimum absolute atomic E-state index is 0.0668. The summed E-state index contributed by atoms with van der Waals surface area (Å²) < 4.78 is 0. The van der Waals surface area contributed by atoms with Crippen LogP contribution in [0.2, 0.25) is 0 Å². The SMILES string of the molecule is CCN(CC)c1ccc(C(c2cccc([N+](=O)[O-])c2)C(C)[N+](=O)[O-])cc1. The van der Waals surface area contributed by atoms with Crippen LogP contribution in [0.15, 0.2) is 48.5 Å². The van der Waals surface area contributed by atoms with Crippen LogP contribution in [0.5, 0.6) is 0 Å². The van der Waals surface area contributed by atoms with Gasteiger partial charge in [-0.25, -0.2) is 0 Å². The molecule has 0 spiro atoms. The molecule has 0 aliphatic rings. The second-order valence-corrected chi connectivity index (χ2v) is 6.12. The smallest absolute Gasteiger partial charge is 0.269 e. The maximum atomic E-state index is 11.4. The Morgan fingerprint density at radius 3 is 2.08 bits per heavy atom. The number of nitrogens with zero attached hydrogens (tertiary/aromatic N) is 3. The lowest BCUT2D eigenvalue weighted by atomic mass is 9.85. The summed E-state index contributed by atoms with van der Waals surface area (Å²) >= 11 is 0. The minimum atomic E-state index is -0.906. The van der Waals surface area contributed by atoms with Crippen LogP contribution < -0.4 is 4.90 Å². The molecular weight excluding hydrogens is 334 g/mol. The summed E-state index contributed by atoms with van der Waals surface area (Å²) in [4.78, 5) is 23.9. The molecule has 2 unspecified atom stereocenters. The maximum absolute atomic E-state index is 11.4. The highest BCUT2D eigenvalue weighted by Gasteiger charge is 2.30. The van der Waals surface area contributed by atoms with E-state index in [-0.39, 0.29) is 10.6 Å². The number of hydrogen-bond acceptors (Lipinski definition) is 5. The van der Waals surface area contributed by atoms with Crippen molar-refractivity contribution in [2.24, 2.45) is 0 Å². The van der Waals surface area contributed by atoms with Crippen LogP contribution in [-0.2, 0) is 0 Å². The van der Waals surface area contributed by atoms with E-state index >= 15 is 0 Å². The van der Waals surface area contributed by atoms with Crippen molar-refractivity contribution in [1.29, 1.82) is 0 Å². The van der Waals surface area contributed by atoms with Gasteiger partial charge in [0, 0.05) is 42.8 Å². The lowest BCUT2D eigenvalue weighted by Gasteiger charge is -2.23. The van der Waals surface area contributed by atoms with Gasteiger partial charge in [-0.1, -0.05) is 24.3 Å². The molecule has 0 fully saturated rings. The van der Waals surface area contributed by atoms with Crippen LogP contribution in [0.4, 0.5) is 11.4 Å². The largest absolute Gasteiger partial charge is 0.372 e. The predicted molar refractivity (Wildman–Crippen MR) is 101 cm³/mol. The highest BCUT2D eigenvalue weighted by Crippen LogP contribution is 2.32. The molecule has 0 aromatic heterocycles. The first kappa shape index (κ1) is 19.4. The van der Waals surface area contributed by atoms with Crippen LogP contribution in [0, 0.1) is 20.2 Å². The summed E-state index contributed by atoms with van der Waals surface area (Å²) in [6.07, 6.45) is 0. The van der Waals surface area contributed by atoms with E-state index in [4.69, 9.17) is 0 Å². The number of rotatable bonds is 8. The van der Waals surface area contributed by atoms with Crippen molar-refractivity contribution in [2.45, 2.75) is 32.7 Å². The lowest BCUT2D eigenvalue weighted by molar-refractivity contribution is -0.520. The average Bonchev–Trinajstić information content (AvgIpc) is 2.64. The lowest BCUT2D eigenvalue weighted by Crippen LogP contribution is -2.25. The number of nitro groups is 2. The summed E-state index contributed by atoms with van der Waals surface area (Å²) in [7, 11) is 0. The predicted octanol–water partition coefficient (Wildman–Crippen LogP) is 4.24. The molecule has 26 heavy (non-hydrogen) atoms. The first-order chi connectivity index (χ1) is 12.4. The third kappa shape index (κ3) is 4.17. The van der Waals surface area contributed by atoms with Crippen molar-refractivity contribution in [3.05, 3.63) is 79.9 Å². The van der Waals surface area contributed by atoms with Gasteiger partial charge in [0.25, 0.3) is 5.69 Å². The Kier molecular flexibility index (Phi) is 6.27. The summed E-state index contributed by atoms with van der Waals surface area (Å²) in [5.74, 6) is -0.560. The molecule has 0 saturated heterocycles. The van der Waals surface area contributed by atoms with Gasteiger partial charge >= 0.3 is 0 Å². The molecule has 0 radical (unpaired) electrons. The Balaban J connectivity index is 2.47. The van der Waals surface area contributed by atoms with Crippen molar-refractivity contribution >= 4 is 11.4 Å². The molecular formula is C19H23N3O4. The molecule has 0 aliphatic heterocycles. The van der Waals surface area contributed by atoms with Crippen LogP contribution in [0.1, 0.15) is 37.8 Å². The molecule has 0 saturated carbocycles. The van der Waals surface area contributed by atoms with E-state index < -0.39 is 16.9 Å². The Labute approximate surface area is 152 Å². The van der Waals surface area contributed by atoms with Gasteiger partial charge in [-0.15, -0.1) is 0 Å². The van der Waals surface area contributed by atoms with Crippen molar-refractivity contribution in [1.82, 2.24) is 0 Å². The Morgan fingerprint density at radius 1 is 0.962 bits per heavy atom. The fourth-order valence-electron chi connectivity index (χ4n) is 3.18. The monoisotopic (exact) mass is 357 g/mol. The molecule has 7 heteroatoms. The molecule has 2 aromatic rings. The molecule has 7 nitrogen and oxygen atoms in total. The van der Waals surface area contributed by atoms with E-state index in [1.165, 1.54) is 19.1 Å². The second kappa shape index (κ2) is 8.42. The quantitative estimate of drug-likeness (QED) is 0.521. The van der Waals surface area contributed by atoms with Gasteiger partial charge in [0.2, 0.25) is 6.04 Å². The first-order valence-electron chi connectivity index (χ1n) is 8.61. The molecule has 138 valence electrons. The number of nitro benzene ring substituents is 1. The molecule has 0 N–H and O–H groups in total. The van der Waals surface area contributed by atoms with E-state index in [9.17, 15) is 20.2 Å². The van der Waals surface area contributed by atoms with Crippen molar-refractivity contribution in [3.63, 3.8) is 0 Å². The molecule has 0 bridgehead atoms. The highest BCUT2D eigenvalue weighted by atomic mass is 16.6. The van der Waals surface area contributed by atoms with E-state index in [2.05, 4.69) is 18.7 Å². The number of benzene rings is 2. The molecule has 2 atom stereocenters. The second-order valence-electron chi connectivity index (χ2n) is 6.12. The van der Waals surface area contributed by atoms with Crippen LogP contribution in [0.3, 0.4) is 0 Å². The molecule has 0 heterocycles. The van der Waals surface area contributed by atoms with E-state index in [0.29, 0.717) is 5.56 Å². The van der Waals surface area contributed by atoms with Crippen molar-refractivity contribution in [3.8, 4) is 0 Å². The number of hydrogen-bond donors (Lipinski definition) is 0. The van der Waals surface area contributed by atoms with Gasteiger partial charge in [-0.3, -0.25) is 20.2 Å². The number of non-ortho nitro benzene ring substituents is 1. The van der Waals surface area contributed by atoms with Crippen LogP contribution in [-0.4, -0.2) is 29.0 Å². The third-order valence-electron chi connectivity index (χ3n) is 4.64. The van der Waals surface area contributed by atoms with E-state index in [1.54, 1.807) is 12.1 Å². The van der Waals surface area contributed by atoms with Crippen molar-refractivity contribution < 1.29 is 9.85 Å². The fraction of sp³-hybridized carbons (Fsp3) is 0.368. The van der Waals surface area contributed by atoms with Gasteiger partial charge in [0.15, 0.2) is 0 Å². The average molecular weight is 357 g/mol. The Bertz CT molecular complexity index is 773. The molecule has 0 aliphatic carbocycles. The maximum Gasteiger partial charge on any atom is 0.269 e. The highest BCUT2D eigenvalue weighted by molar-refractivity contribution is 5.50. The van der Waals surface area contributed by atoms with Crippen LogP contribution >= 0.6 is 0 Å². The van der Waals surface area contributed by atoms with Crippen molar-refractivity contribution in [2.75, 3.05) is 18.0 Å². The zero-order valence-electron chi connectivity index (χ0n) is 15.2. The third-order valence-corrected chi connectivity index (χ3v) is 4.64. The van der Waals surface area contributed by atoms with Crippen LogP contribution in [0.25, 0.3) is 0 Å². The van der Waals surface area contributed by atoms with E-state index in [0.717, 1.165) is 24.3 Å². The first-order valence-corrected chi connectivity index (χ1v) is 8.61. The van der Waals surface area contributed by atoms with Gasteiger partial charge in [-0.2, -0.15) is 0 Å². The summed E-state index contributed by atoms with van der Waals surface area (Å²) in [6.45, 7) is 7.41. The Hall–Kier alpha value is -2.96. The number of anilines is 1. The fourth-order valence-corrected chi connectivity index (χ4v) is 3.18. The molecule has 2 aromatic carbocycles. The zero-order valence-corrected chi connectivity index (χ0v) is 15.2. The van der Waals surface area contributed by atoms with E-state index in [1.807, 2.05) is 24.3 Å². The molecule has 0 amide bonds. The van der Waals surface area contributed by atoms with Gasteiger partial charge < -0.3 is 4.90 Å². The Morgan fingerprint density at radius 2 is 1.58 bits per heavy atom. The normalized spacial score (nSPS) is 13.0. The zero-order chi connectivity index (χ0) is 19.3. The summed E-state index contributed by atoms with van der Waals surface area (Å²) in [6, 6.07) is 12.8. The summed E-state index contributed by atoms with van der Waals surface area (Å²) in [5.41, 5.74) is 2.32. The van der Waals surface area contributed by atoms with Gasteiger partial charge in [0.1, 0.15) is 0 Å². The van der Waals surface area contributed by atoms with Gasteiger partial charge in [-0.05, 0) is 37.1 Å². The topological polar surface area (TPSA) is 89.5 Å².